The standard InChI is InChI=1S/C39H42F2N6O5/c1-20-19-46(38(49)52-39(4,5)6)21(2)30-18-28(44-47(20)30)37-35(34-26(41)16-24(40)17-32(34)51-14-13-50-8)33-25(10-12-31(33)48)36(43-37)23-9-11-29-27(15-23)42-22(3)45(29)7/h9,11,15-18,20-21H,10,12-14,19H2,1-8H3/t20-,21+/m0/s1. The van der Waals surface area contributed by atoms with Gasteiger partial charge in [0.25, 0.3) is 0 Å². The van der Waals surface area contributed by atoms with Crippen molar-refractivity contribution in [3.8, 4) is 39.5 Å². The SMILES string of the molecule is COCCOc1cc(F)cc(F)c1-c1c(-c2cc3n(n2)[C@@H](C)CN(C(=O)OC(C)(C)C)[C@@H]3C)nc(-c2ccc3c(c2)nc(C)n3C)c2c1C(=O)CC2. The van der Waals surface area contributed by atoms with E-state index in [4.69, 9.17) is 29.3 Å². The maximum absolute atomic E-state index is 16.3. The van der Waals surface area contributed by atoms with Gasteiger partial charge in [-0.2, -0.15) is 5.10 Å². The Kier molecular flexibility index (Phi) is 8.88. The van der Waals surface area contributed by atoms with Crippen LogP contribution in [0, 0.1) is 18.6 Å². The zero-order chi connectivity index (χ0) is 37.2. The number of carbonyl (C=O) groups is 2. The molecule has 7 rings (SSSR count). The van der Waals surface area contributed by atoms with Gasteiger partial charge in [0.2, 0.25) is 0 Å². The summed E-state index contributed by atoms with van der Waals surface area (Å²) >= 11 is 0. The Labute approximate surface area is 300 Å². The van der Waals surface area contributed by atoms with Crippen LogP contribution in [-0.2, 0) is 22.9 Å². The highest BCUT2D eigenvalue weighted by molar-refractivity contribution is 6.11. The first kappa shape index (κ1) is 35.2. The normalized spacial score (nSPS) is 17.1. The zero-order valence-corrected chi connectivity index (χ0v) is 30.6. The van der Waals surface area contributed by atoms with Crippen molar-refractivity contribution in [2.24, 2.45) is 7.05 Å². The number of Topliss-reactive ketones (excluding diaryl/α,β-unsaturated/α-hetero) is 1. The quantitative estimate of drug-likeness (QED) is 0.157. The van der Waals surface area contributed by atoms with E-state index in [1.165, 1.54) is 7.11 Å². The summed E-state index contributed by atoms with van der Waals surface area (Å²) in [6.07, 6.45) is 0.119. The fraction of sp³-hybridized carbons (Fsp3) is 0.410. The Morgan fingerprint density at radius 2 is 1.75 bits per heavy atom. The fourth-order valence-electron chi connectivity index (χ4n) is 7.24. The van der Waals surface area contributed by atoms with E-state index >= 15 is 4.39 Å². The molecule has 3 aromatic heterocycles. The summed E-state index contributed by atoms with van der Waals surface area (Å²) in [5, 5.41) is 5.00. The summed E-state index contributed by atoms with van der Waals surface area (Å²) < 4.78 is 51.7. The van der Waals surface area contributed by atoms with Gasteiger partial charge < -0.3 is 18.8 Å². The number of carbonyl (C=O) groups excluding carboxylic acids is 2. The Balaban J connectivity index is 1.49. The molecule has 0 spiro atoms. The molecule has 2 atom stereocenters. The minimum Gasteiger partial charge on any atom is -0.490 e. The van der Waals surface area contributed by atoms with Gasteiger partial charge in [-0.05, 0) is 71.7 Å². The van der Waals surface area contributed by atoms with E-state index < -0.39 is 29.4 Å². The summed E-state index contributed by atoms with van der Waals surface area (Å²) in [4.78, 5) is 38.9. The molecule has 0 bridgehead atoms. The van der Waals surface area contributed by atoms with E-state index in [0.717, 1.165) is 34.6 Å². The Bertz CT molecular complexity index is 2250. The van der Waals surface area contributed by atoms with Gasteiger partial charge in [-0.15, -0.1) is 0 Å². The van der Waals surface area contributed by atoms with Crippen LogP contribution in [0.1, 0.15) is 80.6 Å². The van der Waals surface area contributed by atoms with Gasteiger partial charge in [0.05, 0.1) is 46.7 Å². The first-order valence-electron chi connectivity index (χ1n) is 17.4. The molecule has 1 aliphatic carbocycles. The number of benzene rings is 2. The van der Waals surface area contributed by atoms with Gasteiger partial charge in [-0.25, -0.2) is 23.5 Å². The van der Waals surface area contributed by atoms with Crippen LogP contribution in [0.25, 0.3) is 44.8 Å². The molecule has 0 saturated heterocycles. The maximum atomic E-state index is 16.3. The predicted molar refractivity (Wildman–Crippen MR) is 191 cm³/mol. The highest BCUT2D eigenvalue weighted by atomic mass is 19.1. The van der Waals surface area contributed by atoms with Crippen molar-refractivity contribution in [1.29, 1.82) is 0 Å². The Morgan fingerprint density at radius 3 is 2.48 bits per heavy atom. The lowest BCUT2D eigenvalue weighted by molar-refractivity contribution is 0.00864. The highest BCUT2D eigenvalue weighted by Crippen LogP contribution is 2.47. The van der Waals surface area contributed by atoms with Crippen molar-refractivity contribution in [3.05, 3.63) is 70.7 Å². The molecule has 0 radical (unpaired) electrons. The molecule has 52 heavy (non-hydrogen) atoms. The monoisotopic (exact) mass is 712 g/mol. The van der Waals surface area contributed by atoms with Crippen molar-refractivity contribution < 1.29 is 32.6 Å². The molecule has 0 saturated carbocycles. The number of rotatable bonds is 7. The molecule has 4 heterocycles. The first-order valence-corrected chi connectivity index (χ1v) is 17.4. The molecule has 0 fully saturated rings. The Morgan fingerprint density at radius 1 is 0.981 bits per heavy atom. The van der Waals surface area contributed by atoms with E-state index in [2.05, 4.69) is 0 Å². The van der Waals surface area contributed by atoms with E-state index in [1.807, 2.05) is 82.1 Å². The van der Waals surface area contributed by atoms with Crippen LogP contribution in [0.15, 0.2) is 36.4 Å². The second kappa shape index (κ2) is 13.1. The number of methoxy groups -OCH3 is 1. The van der Waals surface area contributed by atoms with Gasteiger partial charge in [0, 0.05) is 55.9 Å². The average Bonchev–Trinajstić information content (AvgIpc) is 3.77. The molecule has 272 valence electrons. The van der Waals surface area contributed by atoms with Gasteiger partial charge in [-0.1, -0.05) is 6.07 Å². The molecule has 1 amide bonds. The number of ether oxygens (including phenoxy) is 3. The smallest absolute Gasteiger partial charge is 0.410 e. The lowest BCUT2D eigenvalue weighted by Crippen LogP contribution is -2.45. The van der Waals surface area contributed by atoms with Crippen LogP contribution >= 0.6 is 0 Å². The number of aromatic nitrogens is 5. The molecule has 11 nitrogen and oxygen atoms in total. The number of fused-ring (bicyclic) bond motifs is 3. The molecule has 1 aliphatic heterocycles. The van der Waals surface area contributed by atoms with Gasteiger partial charge in [-0.3, -0.25) is 14.4 Å². The largest absolute Gasteiger partial charge is 0.490 e. The van der Waals surface area contributed by atoms with Crippen LogP contribution in [0.5, 0.6) is 5.75 Å². The number of aryl methyl sites for hydroxylation is 2. The van der Waals surface area contributed by atoms with Crippen molar-refractivity contribution in [2.45, 2.75) is 72.1 Å². The number of hydrogen-bond donors (Lipinski definition) is 0. The second-order valence-corrected chi connectivity index (χ2v) is 14.5. The summed E-state index contributed by atoms with van der Waals surface area (Å²) in [5.74, 6) is -1.17. The van der Waals surface area contributed by atoms with Crippen molar-refractivity contribution in [2.75, 3.05) is 26.9 Å². The fourth-order valence-corrected chi connectivity index (χ4v) is 7.24. The predicted octanol–water partition coefficient (Wildman–Crippen LogP) is 7.78. The number of amides is 1. The lowest BCUT2D eigenvalue weighted by atomic mass is 9.90. The number of pyridine rings is 1. The molecule has 2 aromatic carbocycles. The third-order valence-electron chi connectivity index (χ3n) is 9.78. The minimum atomic E-state index is -0.905. The summed E-state index contributed by atoms with van der Waals surface area (Å²) in [6.45, 7) is 11.8. The van der Waals surface area contributed by atoms with E-state index in [0.29, 0.717) is 41.2 Å². The number of hydrogen-bond acceptors (Lipinski definition) is 8. The molecule has 13 heteroatoms. The first-order chi connectivity index (χ1) is 24.7. The van der Waals surface area contributed by atoms with Gasteiger partial charge in [0.15, 0.2) is 5.78 Å². The highest BCUT2D eigenvalue weighted by Gasteiger charge is 2.38. The molecule has 5 aromatic rings. The van der Waals surface area contributed by atoms with Crippen LogP contribution < -0.4 is 4.74 Å². The molecule has 0 unspecified atom stereocenters. The molecule has 2 aliphatic rings. The number of halogens is 2. The van der Waals surface area contributed by atoms with Crippen molar-refractivity contribution in [1.82, 2.24) is 29.2 Å². The van der Waals surface area contributed by atoms with Crippen LogP contribution in [0.4, 0.5) is 13.6 Å². The minimum absolute atomic E-state index is 0.0151. The molecular formula is C39H42F2N6O5. The van der Waals surface area contributed by atoms with E-state index in [1.54, 1.807) is 4.90 Å². The maximum Gasteiger partial charge on any atom is 0.410 e. The van der Waals surface area contributed by atoms with Crippen LogP contribution in [0.2, 0.25) is 0 Å². The summed E-state index contributed by atoms with van der Waals surface area (Å²) in [7, 11) is 3.45. The summed E-state index contributed by atoms with van der Waals surface area (Å²) in [5.41, 5.74) is 4.66. The van der Waals surface area contributed by atoms with Crippen molar-refractivity contribution in [3.63, 3.8) is 0 Å². The van der Waals surface area contributed by atoms with Crippen LogP contribution in [0.3, 0.4) is 0 Å². The number of ketones is 1. The van der Waals surface area contributed by atoms with Crippen molar-refractivity contribution >= 4 is 22.9 Å². The van der Waals surface area contributed by atoms with E-state index in [9.17, 15) is 14.0 Å². The topological polar surface area (TPSA) is 114 Å². The molecule has 0 N–H and O–H groups in total. The van der Waals surface area contributed by atoms with E-state index in [-0.39, 0.29) is 54.0 Å². The average molecular weight is 713 g/mol. The second-order valence-electron chi connectivity index (χ2n) is 14.5. The third-order valence-corrected chi connectivity index (χ3v) is 9.78. The molecular weight excluding hydrogens is 670 g/mol. The van der Waals surface area contributed by atoms with Gasteiger partial charge in [0.1, 0.15) is 46.8 Å². The lowest BCUT2D eigenvalue weighted by Gasteiger charge is -2.38. The van der Waals surface area contributed by atoms with Crippen LogP contribution in [-0.4, -0.2) is 73.6 Å². The Hall–Kier alpha value is -5.17. The zero-order valence-electron chi connectivity index (χ0n) is 30.6. The van der Waals surface area contributed by atoms with Gasteiger partial charge >= 0.3 is 6.09 Å². The number of imidazole rings is 1. The number of nitrogens with zero attached hydrogens (tertiary/aromatic N) is 6. The third kappa shape index (κ3) is 6.10. The summed E-state index contributed by atoms with van der Waals surface area (Å²) in [6, 6.07) is 8.86.